The van der Waals surface area contributed by atoms with Crippen molar-refractivity contribution in [2.75, 3.05) is 0 Å². The predicted octanol–water partition coefficient (Wildman–Crippen LogP) is 5.06. The van der Waals surface area contributed by atoms with Crippen LogP contribution >= 0.6 is 27.5 Å². The van der Waals surface area contributed by atoms with Crippen LogP contribution in [0.15, 0.2) is 34.8 Å². The molecule has 0 amide bonds. The maximum absolute atomic E-state index is 11.8. The molecule has 0 fully saturated rings. The highest BCUT2D eigenvalue weighted by Gasteiger charge is 2.32. The van der Waals surface area contributed by atoms with Crippen LogP contribution in [-0.2, 0) is 9.53 Å². The minimum absolute atomic E-state index is 0.176. The van der Waals surface area contributed by atoms with Crippen LogP contribution in [0.2, 0.25) is 5.15 Å². The number of halogens is 2. The largest absolute Gasteiger partial charge is 0.479 e. The van der Waals surface area contributed by atoms with E-state index in [0.29, 0.717) is 22.6 Å². The Morgan fingerprint density at radius 1 is 1.33 bits per heavy atom. The molecule has 2 aromatic heterocycles. The highest BCUT2D eigenvalue weighted by atomic mass is 79.9. The van der Waals surface area contributed by atoms with Gasteiger partial charge in [-0.05, 0) is 39.8 Å². The van der Waals surface area contributed by atoms with E-state index in [1.54, 1.807) is 27.7 Å². The third-order valence-electron chi connectivity index (χ3n) is 3.85. The molecule has 0 bridgehead atoms. The average Bonchev–Trinajstić information content (AvgIpc) is 2.97. The maximum Gasteiger partial charge on any atom is 0.337 e. The lowest BCUT2D eigenvalue weighted by molar-refractivity contribution is -0.160. The zero-order valence-electron chi connectivity index (χ0n) is 15.3. The molecule has 1 aromatic carbocycles. The van der Waals surface area contributed by atoms with Gasteiger partial charge in [-0.2, -0.15) is 5.10 Å². The summed E-state index contributed by atoms with van der Waals surface area (Å²) in [4.78, 5) is 16.3. The van der Waals surface area contributed by atoms with Gasteiger partial charge in [-0.1, -0.05) is 39.7 Å². The molecule has 1 unspecified atom stereocenters. The fourth-order valence-corrected chi connectivity index (χ4v) is 3.52. The molecule has 0 aliphatic carbocycles. The van der Waals surface area contributed by atoms with Crippen molar-refractivity contribution < 1.29 is 14.6 Å². The van der Waals surface area contributed by atoms with Gasteiger partial charge in [0.2, 0.25) is 0 Å². The number of aromatic nitrogens is 3. The van der Waals surface area contributed by atoms with E-state index in [1.165, 1.54) is 4.52 Å². The number of rotatable bonds is 4. The molecule has 6 nitrogen and oxygen atoms in total. The lowest BCUT2D eigenvalue weighted by atomic mass is 10.1. The zero-order valence-corrected chi connectivity index (χ0v) is 17.7. The second kappa shape index (κ2) is 7.22. The van der Waals surface area contributed by atoms with Crippen LogP contribution in [0.1, 0.15) is 38.1 Å². The van der Waals surface area contributed by atoms with Gasteiger partial charge in [0.1, 0.15) is 5.15 Å². The molecule has 27 heavy (non-hydrogen) atoms. The first kappa shape index (κ1) is 19.8. The Labute approximate surface area is 170 Å². The van der Waals surface area contributed by atoms with Gasteiger partial charge < -0.3 is 9.84 Å². The van der Waals surface area contributed by atoms with Gasteiger partial charge in [0.25, 0.3) is 0 Å². The van der Waals surface area contributed by atoms with Crippen LogP contribution in [0.5, 0.6) is 0 Å². The highest BCUT2D eigenvalue weighted by molar-refractivity contribution is 9.10. The van der Waals surface area contributed by atoms with Gasteiger partial charge >= 0.3 is 5.97 Å². The monoisotopic (exact) mass is 451 g/mol. The maximum atomic E-state index is 11.8. The normalized spacial score (nSPS) is 13.1. The summed E-state index contributed by atoms with van der Waals surface area (Å²) in [5.41, 5.74) is 2.24. The van der Waals surface area contributed by atoms with Crippen LogP contribution in [0.4, 0.5) is 0 Å². The van der Waals surface area contributed by atoms with Crippen LogP contribution in [-0.4, -0.2) is 31.3 Å². The number of carbonyl (C=O) groups is 1. The highest BCUT2D eigenvalue weighted by Crippen LogP contribution is 2.33. The molecule has 142 valence electrons. The molecular weight excluding hydrogens is 434 g/mol. The van der Waals surface area contributed by atoms with Crippen molar-refractivity contribution in [3.63, 3.8) is 0 Å². The standard InChI is InChI=1S/C19H19BrClN3O3/c1-10-15(16(18(25)26)27-19(2,3)4)17(21)24-14(22-10)9-13(23-24)11-6-5-7-12(20)8-11/h5-9,16H,1-4H3,(H,25,26). The summed E-state index contributed by atoms with van der Waals surface area (Å²) in [5.74, 6) is -1.13. The number of nitrogens with zero attached hydrogens (tertiary/aromatic N) is 3. The lowest BCUT2D eigenvalue weighted by Gasteiger charge is -2.26. The van der Waals surface area contributed by atoms with E-state index in [2.05, 4.69) is 26.0 Å². The van der Waals surface area contributed by atoms with Gasteiger partial charge in [-0.25, -0.2) is 14.3 Å². The van der Waals surface area contributed by atoms with E-state index in [9.17, 15) is 9.90 Å². The fraction of sp³-hybridized carbons (Fsp3) is 0.316. The molecule has 0 aliphatic rings. The number of carboxylic acid groups (broad SMARTS) is 1. The molecule has 0 radical (unpaired) electrons. The van der Waals surface area contributed by atoms with Crippen LogP contribution in [0, 0.1) is 6.92 Å². The molecule has 3 aromatic rings. The van der Waals surface area contributed by atoms with Crippen molar-refractivity contribution in [2.45, 2.75) is 39.4 Å². The van der Waals surface area contributed by atoms with Gasteiger partial charge in [0.15, 0.2) is 11.8 Å². The van der Waals surface area contributed by atoms with Crippen LogP contribution in [0.3, 0.4) is 0 Å². The number of aryl methyl sites for hydroxylation is 1. The van der Waals surface area contributed by atoms with Crippen molar-refractivity contribution in [1.82, 2.24) is 14.6 Å². The second-order valence-corrected chi connectivity index (χ2v) is 8.43. The first-order chi connectivity index (χ1) is 12.6. The van der Waals surface area contributed by atoms with Crippen molar-refractivity contribution in [3.8, 4) is 11.3 Å². The molecule has 3 rings (SSSR count). The average molecular weight is 453 g/mol. The Bertz CT molecular complexity index is 1030. The Hall–Kier alpha value is -1.96. The third kappa shape index (κ3) is 4.15. The summed E-state index contributed by atoms with van der Waals surface area (Å²) in [7, 11) is 0. The van der Waals surface area contributed by atoms with E-state index in [-0.39, 0.29) is 5.15 Å². The number of fused-ring (bicyclic) bond motifs is 1. The smallest absolute Gasteiger partial charge is 0.337 e. The molecular formula is C19H19BrClN3O3. The number of ether oxygens (including phenoxy) is 1. The SMILES string of the molecule is Cc1nc2cc(-c3cccc(Br)c3)nn2c(Cl)c1C(OC(C)(C)C)C(=O)O. The number of hydrogen-bond donors (Lipinski definition) is 1. The number of hydrogen-bond acceptors (Lipinski definition) is 4. The number of carboxylic acids is 1. The summed E-state index contributed by atoms with van der Waals surface area (Å²) < 4.78 is 8.11. The Morgan fingerprint density at radius 3 is 2.63 bits per heavy atom. The van der Waals surface area contributed by atoms with Crippen molar-refractivity contribution >= 4 is 39.1 Å². The lowest BCUT2D eigenvalue weighted by Crippen LogP contribution is -2.28. The number of benzene rings is 1. The topological polar surface area (TPSA) is 76.7 Å². The minimum Gasteiger partial charge on any atom is -0.479 e. The van der Waals surface area contributed by atoms with Crippen molar-refractivity contribution in [1.29, 1.82) is 0 Å². The van der Waals surface area contributed by atoms with Crippen molar-refractivity contribution in [2.24, 2.45) is 0 Å². The summed E-state index contributed by atoms with van der Waals surface area (Å²) >= 11 is 10.0. The predicted molar refractivity (Wildman–Crippen MR) is 107 cm³/mol. The van der Waals surface area contributed by atoms with E-state index in [4.69, 9.17) is 16.3 Å². The molecule has 0 saturated carbocycles. The summed E-state index contributed by atoms with van der Waals surface area (Å²) in [6.07, 6.45) is -1.24. The van der Waals surface area contributed by atoms with Gasteiger partial charge in [0, 0.05) is 21.8 Å². The second-order valence-electron chi connectivity index (χ2n) is 7.16. The Morgan fingerprint density at radius 2 is 2.04 bits per heavy atom. The van der Waals surface area contributed by atoms with Gasteiger partial charge in [0.05, 0.1) is 16.9 Å². The molecule has 1 N–H and O–H groups in total. The van der Waals surface area contributed by atoms with Crippen LogP contribution in [0.25, 0.3) is 16.9 Å². The summed E-state index contributed by atoms with van der Waals surface area (Å²) in [6, 6.07) is 9.51. The Balaban J connectivity index is 2.17. The zero-order chi connectivity index (χ0) is 19.9. The van der Waals surface area contributed by atoms with E-state index >= 15 is 0 Å². The summed E-state index contributed by atoms with van der Waals surface area (Å²) in [6.45, 7) is 7.08. The minimum atomic E-state index is -1.24. The molecule has 1 atom stereocenters. The first-order valence-corrected chi connectivity index (χ1v) is 9.46. The van der Waals surface area contributed by atoms with Crippen LogP contribution < -0.4 is 0 Å². The Kier molecular flexibility index (Phi) is 5.29. The number of aliphatic carboxylic acids is 1. The molecule has 8 heteroatoms. The molecule has 2 heterocycles. The quantitative estimate of drug-likeness (QED) is 0.560. The van der Waals surface area contributed by atoms with E-state index in [1.807, 2.05) is 30.3 Å². The van der Waals surface area contributed by atoms with E-state index in [0.717, 1.165) is 10.0 Å². The van der Waals surface area contributed by atoms with E-state index < -0.39 is 17.7 Å². The van der Waals surface area contributed by atoms with Gasteiger partial charge in [-0.3, -0.25) is 0 Å². The fourth-order valence-electron chi connectivity index (χ4n) is 2.76. The molecule has 0 aliphatic heterocycles. The first-order valence-electron chi connectivity index (χ1n) is 8.29. The van der Waals surface area contributed by atoms with Gasteiger partial charge in [-0.15, -0.1) is 0 Å². The molecule has 0 saturated heterocycles. The third-order valence-corrected chi connectivity index (χ3v) is 4.71. The molecule has 0 spiro atoms. The summed E-state index contributed by atoms with van der Waals surface area (Å²) in [5, 5.41) is 14.4. The van der Waals surface area contributed by atoms with Crippen molar-refractivity contribution in [3.05, 3.63) is 51.2 Å².